The zero-order chi connectivity index (χ0) is 15.6. The number of allylic oxidation sites excluding steroid dienone is 8. The van der Waals surface area contributed by atoms with Gasteiger partial charge in [-0.3, -0.25) is 0 Å². The normalized spacial score (nSPS) is 23.5. The lowest BCUT2D eigenvalue weighted by Crippen LogP contribution is -2.15. The molecule has 0 spiro atoms. The van der Waals surface area contributed by atoms with Crippen molar-refractivity contribution in [3.8, 4) is 0 Å². The summed E-state index contributed by atoms with van der Waals surface area (Å²) in [5, 5.41) is 0. The molecule has 1 atom stereocenters. The highest BCUT2D eigenvalue weighted by molar-refractivity contribution is 5.69. The Morgan fingerprint density at radius 1 is 1.04 bits per heavy atom. The number of hydrogen-bond acceptors (Lipinski definition) is 1. The Hall–Kier alpha value is -2.28. The van der Waals surface area contributed by atoms with Crippen LogP contribution in [0.1, 0.15) is 38.2 Å². The van der Waals surface area contributed by atoms with Gasteiger partial charge in [0.05, 0.1) is 0 Å². The van der Waals surface area contributed by atoms with Crippen LogP contribution in [0, 0.1) is 5.92 Å². The summed E-state index contributed by atoms with van der Waals surface area (Å²) in [6, 6.07) is 10.5. The van der Waals surface area contributed by atoms with E-state index in [0.29, 0.717) is 5.92 Å². The number of hydrogen-bond donors (Lipinski definition) is 0. The molecule has 1 aromatic carbocycles. The van der Waals surface area contributed by atoms with E-state index in [2.05, 4.69) is 67.6 Å². The average molecular weight is 302 g/mol. The van der Waals surface area contributed by atoms with E-state index in [0.717, 1.165) is 36.3 Å². The SMILES string of the molecule is CC1=C2OC(c3ccccc3)=CC(C3C=CC=CC3)=C2CCC1. The third kappa shape index (κ3) is 2.72. The molecule has 0 saturated carbocycles. The second kappa shape index (κ2) is 6.08. The molecule has 1 aromatic rings. The van der Waals surface area contributed by atoms with Gasteiger partial charge >= 0.3 is 0 Å². The van der Waals surface area contributed by atoms with E-state index >= 15 is 0 Å². The highest BCUT2D eigenvalue weighted by atomic mass is 16.5. The van der Waals surface area contributed by atoms with Crippen LogP contribution in [0.15, 0.2) is 83.2 Å². The van der Waals surface area contributed by atoms with Crippen LogP contribution >= 0.6 is 0 Å². The number of fused-ring (bicyclic) bond motifs is 1. The van der Waals surface area contributed by atoms with Crippen molar-refractivity contribution in [2.24, 2.45) is 5.92 Å². The predicted octanol–water partition coefficient (Wildman–Crippen LogP) is 5.94. The first-order valence-corrected chi connectivity index (χ1v) is 8.54. The van der Waals surface area contributed by atoms with E-state index < -0.39 is 0 Å². The summed E-state index contributed by atoms with van der Waals surface area (Å²) in [4.78, 5) is 0. The van der Waals surface area contributed by atoms with Crippen LogP contribution in [0.25, 0.3) is 5.76 Å². The van der Waals surface area contributed by atoms with Gasteiger partial charge in [-0.25, -0.2) is 0 Å². The minimum atomic E-state index is 0.471. The highest BCUT2D eigenvalue weighted by Gasteiger charge is 2.28. The van der Waals surface area contributed by atoms with Crippen molar-refractivity contribution in [3.05, 3.63) is 88.8 Å². The van der Waals surface area contributed by atoms with Gasteiger partial charge in [0, 0.05) is 11.5 Å². The molecule has 0 amide bonds. The van der Waals surface area contributed by atoms with Gasteiger partial charge in [0.25, 0.3) is 0 Å². The van der Waals surface area contributed by atoms with Gasteiger partial charge < -0.3 is 4.74 Å². The number of rotatable bonds is 2. The van der Waals surface area contributed by atoms with Crippen LogP contribution in [0.3, 0.4) is 0 Å². The van der Waals surface area contributed by atoms with Gasteiger partial charge in [-0.1, -0.05) is 54.6 Å². The van der Waals surface area contributed by atoms with E-state index in [4.69, 9.17) is 4.74 Å². The molecule has 0 radical (unpaired) electrons. The maximum Gasteiger partial charge on any atom is 0.134 e. The second-order valence-corrected chi connectivity index (χ2v) is 6.53. The monoisotopic (exact) mass is 302 g/mol. The molecule has 0 aromatic heterocycles. The third-order valence-electron chi connectivity index (χ3n) is 4.93. The molecule has 3 aliphatic rings. The molecule has 0 fully saturated rings. The Balaban J connectivity index is 1.83. The Labute approximate surface area is 138 Å². The van der Waals surface area contributed by atoms with Crippen molar-refractivity contribution >= 4 is 5.76 Å². The van der Waals surface area contributed by atoms with E-state index in [-0.39, 0.29) is 0 Å². The van der Waals surface area contributed by atoms with E-state index in [1.54, 1.807) is 0 Å². The first kappa shape index (κ1) is 14.3. The fourth-order valence-corrected chi connectivity index (χ4v) is 3.69. The lowest BCUT2D eigenvalue weighted by molar-refractivity contribution is 0.363. The predicted molar refractivity (Wildman–Crippen MR) is 95.5 cm³/mol. The van der Waals surface area contributed by atoms with E-state index in [9.17, 15) is 0 Å². The van der Waals surface area contributed by atoms with Crippen molar-refractivity contribution in [2.75, 3.05) is 0 Å². The van der Waals surface area contributed by atoms with Crippen LogP contribution in [0.5, 0.6) is 0 Å². The zero-order valence-electron chi connectivity index (χ0n) is 13.6. The van der Waals surface area contributed by atoms with Gasteiger partial charge in [0.1, 0.15) is 11.5 Å². The van der Waals surface area contributed by atoms with Gasteiger partial charge in [-0.15, -0.1) is 0 Å². The van der Waals surface area contributed by atoms with E-state index in [1.165, 1.54) is 23.1 Å². The first-order valence-electron chi connectivity index (χ1n) is 8.54. The number of benzene rings is 1. The standard InChI is InChI=1S/C22H22O/c1-16-9-8-14-19-20(17-10-4-2-5-11-17)15-21(23-22(16)19)18-12-6-3-7-13-18/h2-7,10,12-13,15,17H,8-9,11,14H2,1H3. The Morgan fingerprint density at radius 2 is 1.91 bits per heavy atom. The Morgan fingerprint density at radius 3 is 2.70 bits per heavy atom. The van der Waals surface area contributed by atoms with Crippen molar-refractivity contribution in [2.45, 2.75) is 32.6 Å². The molecule has 1 nitrogen and oxygen atoms in total. The lowest BCUT2D eigenvalue weighted by Gasteiger charge is -2.31. The fourth-order valence-electron chi connectivity index (χ4n) is 3.69. The lowest BCUT2D eigenvalue weighted by atomic mass is 9.81. The number of ether oxygens (including phenoxy) is 1. The summed E-state index contributed by atoms with van der Waals surface area (Å²) in [5.74, 6) is 2.60. The van der Waals surface area contributed by atoms with Crippen LogP contribution in [0.4, 0.5) is 0 Å². The molecule has 0 N–H and O–H groups in total. The largest absolute Gasteiger partial charge is 0.456 e. The van der Waals surface area contributed by atoms with Crippen molar-refractivity contribution in [1.82, 2.24) is 0 Å². The van der Waals surface area contributed by atoms with Crippen molar-refractivity contribution < 1.29 is 4.74 Å². The van der Waals surface area contributed by atoms with Gasteiger partial charge in [-0.2, -0.15) is 0 Å². The molecule has 2 aliphatic carbocycles. The highest BCUT2D eigenvalue weighted by Crippen LogP contribution is 2.43. The zero-order valence-corrected chi connectivity index (χ0v) is 13.6. The molecule has 1 aliphatic heterocycles. The van der Waals surface area contributed by atoms with Gasteiger partial charge in [-0.05, 0) is 55.4 Å². The fraction of sp³-hybridized carbons (Fsp3) is 0.273. The van der Waals surface area contributed by atoms with Crippen LogP contribution in [-0.4, -0.2) is 0 Å². The molecule has 1 unspecified atom stereocenters. The topological polar surface area (TPSA) is 9.23 Å². The molecule has 116 valence electrons. The molecule has 23 heavy (non-hydrogen) atoms. The molecule has 1 heterocycles. The van der Waals surface area contributed by atoms with Crippen molar-refractivity contribution in [3.63, 3.8) is 0 Å². The second-order valence-electron chi connectivity index (χ2n) is 6.53. The third-order valence-corrected chi connectivity index (χ3v) is 4.93. The minimum Gasteiger partial charge on any atom is -0.456 e. The summed E-state index contributed by atoms with van der Waals surface area (Å²) < 4.78 is 6.35. The average Bonchev–Trinajstić information content (AvgIpc) is 2.63. The smallest absolute Gasteiger partial charge is 0.134 e. The van der Waals surface area contributed by atoms with Crippen molar-refractivity contribution in [1.29, 1.82) is 0 Å². The van der Waals surface area contributed by atoms with Gasteiger partial charge in [0.15, 0.2) is 0 Å². The summed E-state index contributed by atoms with van der Waals surface area (Å²) >= 11 is 0. The quantitative estimate of drug-likeness (QED) is 0.656. The van der Waals surface area contributed by atoms with E-state index in [1.807, 2.05) is 0 Å². The summed E-state index contributed by atoms with van der Waals surface area (Å²) in [5.41, 5.74) is 5.43. The Bertz CT molecular complexity index is 756. The molecule has 0 bridgehead atoms. The summed E-state index contributed by atoms with van der Waals surface area (Å²) in [7, 11) is 0. The maximum absolute atomic E-state index is 6.35. The van der Waals surface area contributed by atoms with Gasteiger partial charge in [0.2, 0.25) is 0 Å². The van der Waals surface area contributed by atoms with Crippen LogP contribution in [-0.2, 0) is 4.74 Å². The minimum absolute atomic E-state index is 0.471. The first-order chi connectivity index (χ1) is 11.3. The van der Waals surface area contributed by atoms with Crippen LogP contribution < -0.4 is 0 Å². The van der Waals surface area contributed by atoms with Crippen LogP contribution in [0.2, 0.25) is 0 Å². The molecular weight excluding hydrogens is 280 g/mol. The molecular formula is C22H22O. The molecule has 0 saturated heterocycles. The Kier molecular flexibility index (Phi) is 3.78. The molecule has 1 heteroatoms. The summed E-state index contributed by atoms with van der Waals surface area (Å²) in [6.07, 6.45) is 15.8. The maximum atomic E-state index is 6.35. The molecule has 4 rings (SSSR count). The summed E-state index contributed by atoms with van der Waals surface area (Å²) in [6.45, 7) is 2.22.